The summed E-state index contributed by atoms with van der Waals surface area (Å²) in [7, 11) is 2.17. The van der Waals surface area contributed by atoms with E-state index in [0.717, 1.165) is 0 Å². The molecule has 0 radical (unpaired) electrons. The fraction of sp³-hybridized carbons (Fsp3) is 0.895. The van der Waals surface area contributed by atoms with Crippen molar-refractivity contribution in [2.24, 2.45) is 0 Å². The van der Waals surface area contributed by atoms with Crippen molar-refractivity contribution in [1.82, 2.24) is 10.2 Å². The van der Waals surface area contributed by atoms with E-state index in [1.165, 1.54) is 77.3 Å². The first-order valence-corrected chi connectivity index (χ1v) is 9.33. The molecular formula is C19H36N2. The second-order valence-electron chi connectivity index (χ2n) is 7.21. The predicted molar refractivity (Wildman–Crippen MR) is 92.8 cm³/mol. The Balaban J connectivity index is 2.18. The van der Waals surface area contributed by atoms with Crippen LogP contribution < -0.4 is 5.32 Å². The summed E-state index contributed by atoms with van der Waals surface area (Å²) in [6, 6.07) is 0.527. The maximum absolute atomic E-state index is 3.70. The van der Waals surface area contributed by atoms with Crippen molar-refractivity contribution in [3.05, 3.63) is 11.6 Å². The molecule has 1 aliphatic heterocycles. The lowest BCUT2D eigenvalue weighted by molar-refractivity contribution is 0.0542. The third kappa shape index (κ3) is 4.10. The summed E-state index contributed by atoms with van der Waals surface area (Å²) in [5.74, 6) is 0. The van der Waals surface area contributed by atoms with Crippen molar-refractivity contribution >= 4 is 0 Å². The molecule has 1 heterocycles. The highest BCUT2D eigenvalue weighted by Crippen LogP contribution is 2.33. The van der Waals surface area contributed by atoms with Gasteiger partial charge in [-0.15, -0.1) is 0 Å². The van der Waals surface area contributed by atoms with E-state index in [9.17, 15) is 0 Å². The Hall–Kier alpha value is -0.340. The lowest BCUT2D eigenvalue weighted by Gasteiger charge is -2.49. The van der Waals surface area contributed by atoms with Gasteiger partial charge in [-0.3, -0.25) is 4.90 Å². The van der Waals surface area contributed by atoms with Gasteiger partial charge in [0, 0.05) is 11.6 Å². The summed E-state index contributed by atoms with van der Waals surface area (Å²) in [6.45, 7) is 7.45. The molecule has 0 aromatic heterocycles. The van der Waals surface area contributed by atoms with Crippen LogP contribution in [0.15, 0.2) is 11.6 Å². The van der Waals surface area contributed by atoms with Crippen molar-refractivity contribution in [2.75, 3.05) is 20.1 Å². The molecular weight excluding hydrogens is 256 g/mol. The number of hydrogen-bond donors (Lipinski definition) is 1. The summed E-state index contributed by atoms with van der Waals surface area (Å²) < 4.78 is 0. The summed E-state index contributed by atoms with van der Waals surface area (Å²) in [5, 5.41) is 3.70. The standard InChI is InChI=1S/C19H36N2/c1-4-19(2,21-15-11-8-12-16-21)18(20-3)17-13-9-6-5-7-10-14-17/h13,18,20H,4-12,14-16H2,1-3H3. The molecule has 2 heteroatoms. The molecule has 0 aromatic rings. The highest BCUT2D eigenvalue weighted by Gasteiger charge is 2.39. The Morgan fingerprint density at radius 3 is 2.43 bits per heavy atom. The Kier molecular flexibility index (Phi) is 6.75. The van der Waals surface area contributed by atoms with Crippen LogP contribution in [0.25, 0.3) is 0 Å². The SMILES string of the molecule is CCC(C)(C(NC)C1=CCCCCCC1)N1CCCCC1. The van der Waals surface area contributed by atoms with Crippen LogP contribution in [-0.2, 0) is 0 Å². The van der Waals surface area contributed by atoms with E-state index >= 15 is 0 Å². The van der Waals surface area contributed by atoms with Crippen LogP contribution in [0.1, 0.15) is 78.1 Å². The van der Waals surface area contributed by atoms with Gasteiger partial charge in [0.15, 0.2) is 0 Å². The molecule has 2 unspecified atom stereocenters. The molecule has 0 aromatic carbocycles. The molecule has 2 aliphatic rings. The largest absolute Gasteiger partial charge is 0.312 e. The molecule has 0 amide bonds. The molecule has 1 fully saturated rings. The molecule has 0 bridgehead atoms. The molecule has 0 spiro atoms. The van der Waals surface area contributed by atoms with Gasteiger partial charge in [-0.25, -0.2) is 0 Å². The molecule has 2 nitrogen and oxygen atoms in total. The van der Waals surface area contributed by atoms with E-state index in [1.54, 1.807) is 5.57 Å². The van der Waals surface area contributed by atoms with Crippen LogP contribution in [-0.4, -0.2) is 36.6 Å². The van der Waals surface area contributed by atoms with Crippen LogP contribution in [0.5, 0.6) is 0 Å². The molecule has 122 valence electrons. The van der Waals surface area contributed by atoms with Crippen molar-refractivity contribution in [3.8, 4) is 0 Å². The number of rotatable bonds is 5. The number of allylic oxidation sites excluding steroid dienone is 1. The average molecular weight is 293 g/mol. The smallest absolute Gasteiger partial charge is 0.0461 e. The van der Waals surface area contributed by atoms with Gasteiger partial charge in [0.2, 0.25) is 0 Å². The zero-order chi connectivity index (χ0) is 15.1. The fourth-order valence-electron chi connectivity index (χ4n) is 4.39. The van der Waals surface area contributed by atoms with Crippen LogP contribution in [0.3, 0.4) is 0 Å². The van der Waals surface area contributed by atoms with E-state index in [2.05, 4.69) is 37.2 Å². The summed E-state index contributed by atoms with van der Waals surface area (Å²) in [4.78, 5) is 2.78. The first-order valence-electron chi connectivity index (χ1n) is 9.33. The van der Waals surface area contributed by atoms with Gasteiger partial charge in [0.1, 0.15) is 0 Å². The highest BCUT2D eigenvalue weighted by atomic mass is 15.2. The lowest BCUT2D eigenvalue weighted by atomic mass is 9.79. The van der Waals surface area contributed by atoms with Crippen molar-refractivity contribution < 1.29 is 0 Å². The van der Waals surface area contributed by atoms with Gasteiger partial charge >= 0.3 is 0 Å². The quantitative estimate of drug-likeness (QED) is 0.750. The van der Waals surface area contributed by atoms with Gasteiger partial charge in [0.05, 0.1) is 0 Å². The van der Waals surface area contributed by atoms with Gasteiger partial charge < -0.3 is 5.32 Å². The number of nitrogens with one attached hydrogen (secondary N) is 1. The summed E-state index contributed by atoms with van der Waals surface area (Å²) >= 11 is 0. The van der Waals surface area contributed by atoms with E-state index < -0.39 is 0 Å². The number of likely N-dealkylation sites (N-methyl/N-ethyl adjacent to an activating group) is 1. The molecule has 1 aliphatic carbocycles. The predicted octanol–water partition coefficient (Wildman–Crippen LogP) is 4.51. The number of hydrogen-bond acceptors (Lipinski definition) is 2. The topological polar surface area (TPSA) is 15.3 Å². The maximum atomic E-state index is 3.70. The minimum absolute atomic E-state index is 0.278. The van der Waals surface area contributed by atoms with Crippen molar-refractivity contribution in [2.45, 2.75) is 89.6 Å². The number of piperidine rings is 1. The zero-order valence-corrected chi connectivity index (χ0v) is 14.6. The minimum atomic E-state index is 0.278. The summed E-state index contributed by atoms with van der Waals surface area (Å²) in [6.07, 6.45) is 16.2. The molecule has 2 rings (SSSR count). The van der Waals surface area contributed by atoms with Gasteiger partial charge in [-0.1, -0.05) is 37.8 Å². The van der Waals surface area contributed by atoms with Gasteiger partial charge in [-0.05, 0) is 72.0 Å². The highest BCUT2D eigenvalue weighted by molar-refractivity contribution is 5.19. The number of likely N-dealkylation sites (tertiary alicyclic amines) is 1. The van der Waals surface area contributed by atoms with E-state index in [0.29, 0.717) is 6.04 Å². The third-order valence-electron chi connectivity index (χ3n) is 5.90. The average Bonchev–Trinajstić information content (AvgIpc) is 2.50. The van der Waals surface area contributed by atoms with E-state index in [1.807, 2.05) is 0 Å². The van der Waals surface area contributed by atoms with Gasteiger partial charge in [-0.2, -0.15) is 0 Å². The monoisotopic (exact) mass is 292 g/mol. The fourth-order valence-corrected chi connectivity index (χ4v) is 4.39. The van der Waals surface area contributed by atoms with Crippen LogP contribution in [0.2, 0.25) is 0 Å². The lowest BCUT2D eigenvalue weighted by Crippen LogP contribution is -2.60. The second kappa shape index (κ2) is 8.33. The molecule has 21 heavy (non-hydrogen) atoms. The molecule has 1 saturated heterocycles. The molecule has 0 saturated carbocycles. The van der Waals surface area contributed by atoms with E-state index in [4.69, 9.17) is 0 Å². The normalized spacial score (nSPS) is 26.3. The van der Waals surface area contributed by atoms with E-state index in [-0.39, 0.29) is 5.54 Å². The van der Waals surface area contributed by atoms with Gasteiger partial charge in [0.25, 0.3) is 0 Å². The number of nitrogens with zero attached hydrogens (tertiary/aromatic N) is 1. The minimum Gasteiger partial charge on any atom is -0.312 e. The first kappa shape index (κ1) is 17.0. The Morgan fingerprint density at radius 1 is 1.10 bits per heavy atom. The van der Waals surface area contributed by atoms with Crippen molar-refractivity contribution in [1.29, 1.82) is 0 Å². The van der Waals surface area contributed by atoms with Crippen LogP contribution in [0.4, 0.5) is 0 Å². The Labute approximate surface area is 132 Å². The molecule has 1 N–H and O–H groups in total. The maximum Gasteiger partial charge on any atom is 0.0461 e. The third-order valence-corrected chi connectivity index (χ3v) is 5.90. The Morgan fingerprint density at radius 2 is 1.76 bits per heavy atom. The first-order chi connectivity index (χ1) is 10.2. The van der Waals surface area contributed by atoms with Crippen LogP contribution >= 0.6 is 0 Å². The zero-order valence-electron chi connectivity index (χ0n) is 14.6. The second-order valence-corrected chi connectivity index (χ2v) is 7.21. The Bertz CT molecular complexity index is 330. The summed E-state index contributed by atoms with van der Waals surface area (Å²) in [5.41, 5.74) is 1.97. The molecule has 2 atom stereocenters. The van der Waals surface area contributed by atoms with Crippen LogP contribution in [0, 0.1) is 0 Å². The van der Waals surface area contributed by atoms with Crippen molar-refractivity contribution in [3.63, 3.8) is 0 Å².